The molecule has 388 valence electrons. The van der Waals surface area contributed by atoms with Crippen LogP contribution in [0.4, 0.5) is 0 Å². The fourth-order valence-corrected chi connectivity index (χ4v) is 7.89. The molecule has 0 radical (unpaired) electrons. The quantitative estimate of drug-likeness (QED) is 0.0360. The van der Waals surface area contributed by atoms with Gasteiger partial charge >= 0.3 is 17.9 Å². The third-order valence-corrected chi connectivity index (χ3v) is 11.6. The van der Waals surface area contributed by atoms with Crippen molar-refractivity contribution in [3.63, 3.8) is 0 Å². The summed E-state index contributed by atoms with van der Waals surface area (Å²) in [6, 6.07) is 28.6. The Morgan fingerprint density at radius 3 is 1.50 bits per heavy atom. The summed E-state index contributed by atoms with van der Waals surface area (Å²) < 4.78 is 1.53. The van der Waals surface area contributed by atoms with Gasteiger partial charge in [0.2, 0.25) is 35.4 Å². The maximum atomic E-state index is 13.7. The van der Waals surface area contributed by atoms with Gasteiger partial charge in [-0.05, 0) is 58.2 Å². The van der Waals surface area contributed by atoms with Crippen LogP contribution in [0.5, 0.6) is 0 Å². The second kappa shape index (κ2) is 26.4. The van der Waals surface area contributed by atoms with E-state index in [1.54, 1.807) is 6.20 Å². The molecule has 1 heterocycles. The number of nitrogens with zero attached hydrogens (tertiary/aromatic N) is 3. The fourth-order valence-electron chi connectivity index (χ4n) is 7.89. The van der Waals surface area contributed by atoms with Gasteiger partial charge in [-0.15, -0.1) is 5.10 Å². The normalized spacial score (nSPS) is 13.4. The molecule has 6 amide bonds. The molecule has 4 aromatic carbocycles. The molecule has 1 aromatic heterocycles. The van der Waals surface area contributed by atoms with E-state index >= 15 is 0 Å². The number of aryl methyl sites for hydroxylation is 1. The summed E-state index contributed by atoms with van der Waals surface area (Å²) in [5.74, 6) is -11.3. The first-order valence-corrected chi connectivity index (χ1v) is 23.5. The summed E-state index contributed by atoms with van der Waals surface area (Å²) in [6.07, 6.45) is -1.77. The molecule has 5 aromatic rings. The summed E-state index contributed by atoms with van der Waals surface area (Å²) in [5, 5.41) is 48.0. The molecular formula is C53H59N9O12. The van der Waals surface area contributed by atoms with Gasteiger partial charge in [0.05, 0.1) is 25.1 Å². The van der Waals surface area contributed by atoms with Crippen LogP contribution in [-0.4, -0.2) is 114 Å². The number of nitrogens with one attached hydrogen (secondary N) is 5. The largest absolute Gasteiger partial charge is 0.481 e. The molecule has 0 aliphatic heterocycles. The smallest absolute Gasteiger partial charge is 0.305 e. The Bertz CT molecular complexity index is 2840. The molecule has 5 atom stereocenters. The number of amides is 6. The summed E-state index contributed by atoms with van der Waals surface area (Å²) in [5.41, 5.74) is 14.1. The lowest BCUT2D eigenvalue weighted by molar-refractivity contribution is -0.142. The van der Waals surface area contributed by atoms with Gasteiger partial charge in [-0.2, -0.15) is 0 Å². The molecule has 0 spiro atoms. The lowest BCUT2D eigenvalue weighted by atomic mass is 9.85. The molecule has 0 bridgehead atoms. The average Bonchev–Trinajstić information content (AvgIpc) is 3.79. The summed E-state index contributed by atoms with van der Waals surface area (Å²) in [6.45, 7) is 6.31. The van der Waals surface area contributed by atoms with Crippen molar-refractivity contribution in [2.75, 3.05) is 0 Å². The van der Waals surface area contributed by atoms with Gasteiger partial charge in [0, 0.05) is 26.0 Å². The van der Waals surface area contributed by atoms with E-state index in [4.69, 9.17) is 5.73 Å². The number of primary amides is 1. The molecule has 5 rings (SSSR count). The molecule has 0 aliphatic carbocycles. The van der Waals surface area contributed by atoms with E-state index in [0.717, 1.165) is 51.5 Å². The van der Waals surface area contributed by atoms with Crippen molar-refractivity contribution < 1.29 is 58.5 Å². The highest BCUT2D eigenvalue weighted by atomic mass is 16.4. The Kier molecular flexibility index (Phi) is 20.0. The predicted octanol–water partition coefficient (Wildman–Crippen LogP) is 2.58. The summed E-state index contributed by atoms with van der Waals surface area (Å²) in [4.78, 5) is 113. The number of nitrogens with two attached hydrogens (primary N) is 1. The van der Waals surface area contributed by atoms with Gasteiger partial charge < -0.3 is 47.6 Å². The molecule has 0 unspecified atom stereocenters. The first-order valence-electron chi connectivity index (χ1n) is 23.5. The molecule has 0 fully saturated rings. The van der Waals surface area contributed by atoms with Gasteiger partial charge in [-0.3, -0.25) is 43.2 Å². The number of carboxylic acids is 3. The van der Waals surface area contributed by atoms with E-state index in [1.807, 2.05) is 67.6 Å². The maximum absolute atomic E-state index is 13.7. The fraction of sp³-hybridized carbons (Fsp3) is 0.302. The van der Waals surface area contributed by atoms with Gasteiger partial charge in [0.25, 0.3) is 0 Å². The number of rotatable bonds is 26. The first-order chi connectivity index (χ1) is 35.2. The Labute approximate surface area is 426 Å². The number of aliphatic carboxylic acids is 3. The van der Waals surface area contributed by atoms with Gasteiger partial charge in [-0.25, -0.2) is 4.68 Å². The van der Waals surface area contributed by atoms with Crippen LogP contribution >= 0.6 is 0 Å². The highest BCUT2D eigenvalue weighted by Gasteiger charge is 2.35. The molecular weight excluding hydrogens is 955 g/mol. The van der Waals surface area contributed by atoms with Crippen LogP contribution in [0.3, 0.4) is 0 Å². The Morgan fingerprint density at radius 1 is 0.568 bits per heavy atom. The van der Waals surface area contributed by atoms with Crippen molar-refractivity contribution in [3.05, 3.63) is 154 Å². The lowest BCUT2D eigenvalue weighted by Gasteiger charge is -2.28. The zero-order valence-electron chi connectivity index (χ0n) is 41.1. The standard InChI is InChI=1S/C53H59N9O12/c1-30(2)48(59-50(71)39(23-24-43(64)65)56-51(72)41(26-44(66)67)55-32(4)63)53(74)58-42(27-45(68)69)52(73)57-40(49(54)70)25-38-29-62(61-60-38)28-33-17-21-37(22-18-33)47(35-13-9-6-10-14-35)46(34-11-7-5-8-12-34)36-19-15-31(3)16-20-36/h5-22,29-30,39-42,48H,23-28H2,1-4H3,(H2,54,70)(H,55,63)(H,56,72)(H,57,73)(H,58,74)(H,59,71)(H,64,65)(H,66,67)(H,68,69)/b47-46+/t39-,40-,41-,42-,48-/m0/s1. The predicted molar refractivity (Wildman–Crippen MR) is 269 cm³/mol. The molecule has 0 saturated carbocycles. The minimum absolute atomic E-state index is 0.239. The van der Waals surface area contributed by atoms with E-state index in [1.165, 1.54) is 18.5 Å². The number of aromatic nitrogens is 3. The first kappa shape index (κ1) is 55.9. The average molecular weight is 1010 g/mol. The van der Waals surface area contributed by atoms with Crippen molar-refractivity contribution in [1.29, 1.82) is 0 Å². The van der Waals surface area contributed by atoms with Crippen LogP contribution in [0.2, 0.25) is 0 Å². The number of carboxylic acid groups (broad SMARTS) is 3. The Morgan fingerprint density at radius 2 is 1.03 bits per heavy atom. The van der Waals surface area contributed by atoms with E-state index in [-0.39, 0.29) is 18.7 Å². The van der Waals surface area contributed by atoms with Gasteiger partial charge in [0.15, 0.2) is 0 Å². The highest BCUT2D eigenvalue weighted by molar-refractivity contribution is 6.04. The number of hydrogen-bond acceptors (Lipinski definition) is 11. The van der Waals surface area contributed by atoms with E-state index in [0.29, 0.717) is 0 Å². The Balaban J connectivity index is 1.30. The zero-order chi connectivity index (χ0) is 54.1. The van der Waals surface area contributed by atoms with Crippen LogP contribution in [0, 0.1) is 12.8 Å². The van der Waals surface area contributed by atoms with Crippen LogP contribution in [0.25, 0.3) is 11.1 Å². The molecule has 10 N–H and O–H groups in total. The Hall–Kier alpha value is -9.01. The number of carbonyl (C=O) groups excluding carboxylic acids is 6. The van der Waals surface area contributed by atoms with Crippen LogP contribution in [-0.2, 0) is 56.1 Å². The molecule has 21 nitrogen and oxygen atoms in total. The molecule has 0 saturated heterocycles. The topological polar surface area (TPSA) is 331 Å². The summed E-state index contributed by atoms with van der Waals surface area (Å²) >= 11 is 0. The van der Waals surface area contributed by atoms with Crippen LogP contribution < -0.4 is 32.3 Å². The minimum Gasteiger partial charge on any atom is -0.481 e. The van der Waals surface area contributed by atoms with E-state index < -0.39 is 115 Å². The van der Waals surface area contributed by atoms with Gasteiger partial charge in [-0.1, -0.05) is 134 Å². The van der Waals surface area contributed by atoms with E-state index in [2.05, 4.69) is 85.4 Å². The van der Waals surface area contributed by atoms with Crippen molar-refractivity contribution in [2.45, 2.75) is 96.6 Å². The number of benzene rings is 4. The second-order valence-electron chi connectivity index (χ2n) is 17.9. The molecule has 74 heavy (non-hydrogen) atoms. The molecule has 21 heteroatoms. The van der Waals surface area contributed by atoms with Crippen molar-refractivity contribution in [1.82, 2.24) is 41.6 Å². The lowest BCUT2D eigenvalue weighted by Crippen LogP contribution is -2.60. The van der Waals surface area contributed by atoms with Crippen LogP contribution in [0.15, 0.2) is 115 Å². The zero-order valence-corrected chi connectivity index (χ0v) is 41.1. The summed E-state index contributed by atoms with van der Waals surface area (Å²) in [7, 11) is 0. The third-order valence-electron chi connectivity index (χ3n) is 11.6. The minimum atomic E-state index is -1.83. The highest BCUT2D eigenvalue weighted by Crippen LogP contribution is 2.37. The van der Waals surface area contributed by atoms with Gasteiger partial charge in [0.1, 0.15) is 30.2 Å². The maximum Gasteiger partial charge on any atom is 0.305 e. The monoisotopic (exact) mass is 1010 g/mol. The van der Waals surface area contributed by atoms with Crippen molar-refractivity contribution in [2.24, 2.45) is 11.7 Å². The number of carbonyl (C=O) groups is 9. The van der Waals surface area contributed by atoms with E-state index in [9.17, 15) is 58.5 Å². The van der Waals surface area contributed by atoms with Crippen LogP contribution in [0.1, 0.15) is 85.5 Å². The number of hydrogen-bond donors (Lipinski definition) is 9. The second-order valence-corrected chi connectivity index (χ2v) is 17.9. The third kappa shape index (κ3) is 16.5. The van der Waals surface area contributed by atoms with Crippen molar-refractivity contribution in [3.8, 4) is 0 Å². The molecule has 0 aliphatic rings. The van der Waals surface area contributed by atoms with Crippen molar-refractivity contribution >= 4 is 64.5 Å². The SMILES string of the molecule is CC(=O)N[C@@H](CC(=O)O)C(=O)N[C@@H](CCC(=O)O)C(=O)N[C@H](C(=O)N[C@@H](CC(=O)O)C(=O)N[C@@H](Cc1cn(Cc2ccc(/C(=C(\c3ccccc3)c3ccc(C)cc3)c3ccccc3)cc2)nn1)C(N)=O)C(C)C.